The quantitative estimate of drug-likeness (QED) is 0.287. The summed E-state index contributed by atoms with van der Waals surface area (Å²) in [7, 11) is 1.58. The molecule has 1 aromatic heterocycles. The molecule has 0 spiro atoms. The number of amides is 1. The summed E-state index contributed by atoms with van der Waals surface area (Å²) in [5.41, 5.74) is 2.25. The van der Waals surface area contributed by atoms with E-state index in [-0.39, 0.29) is 18.1 Å². The van der Waals surface area contributed by atoms with Gasteiger partial charge in [-0.3, -0.25) is 14.2 Å². The average Bonchev–Trinajstić information content (AvgIpc) is 2.93. The molecule has 37 heavy (non-hydrogen) atoms. The molecule has 0 aliphatic carbocycles. The smallest absolute Gasteiger partial charge is 0.266 e. The molecule has 0 fully saturated rings. The third-order valence-corrected chi connectivity index (χ3v) is 6.53. The van der Waals surface area contributed by atoms with Crippen molar-refractivity contribution in [3.63, 3.8) is 0 Å². The molecule has 3 aromatic carbocycles. The van der Waals surface area contributed by atoms with Crippen LogP contribution < -0.4 is 10.3 Å². The molecule has 1 unspecified atom stereocenters. The predicted molar refractivity (Wildman–Crippen MR) is 146 cm³/mol. The van der Waals surface area contributed by atoms with Gasteiger partial charge < -0.3 is 14.4 Å². The fraction of sp³-hybridized carbons (Fsp3) is 0.276. The number of nitrogens with zero attached hydrogens (tertiary/aromatic N) is 3. The number of carbonyl (C=O) groups excluding carboxylic acids is 1. The first-order chi connectivity index (χ1) is 17.9. The second kappa shape index (κ2) is 12.0. The number of fused-ring (bicyclic) bond motifs is 1. The highest BCUT2D eigenvalue weighted by Crippen LogP contribution is 2.24. The first-order valence-electron chi connectivity index (χ1n) is 12.2. The van der Waals surface area contributed by atoms with Gasteiger partial charge in [0.25, 0.3) is 11.5 Å². The van der Waals surface area contributed by atoms with Gasteiger partial charge in [-0.2, -0.15) is 0 Å². The summed E-state index contributed by atoms with van der Waals surface area (Å²) in [5.74, 6) is 0.743. The van der Waals surface area contributed by atoms with Crippen molar-refractivity contribution in [2.45, 2.75) is 26.3 Å². The summed E-state index contributed by atoms with van der Waals surface area (Å²) in [6, 6.07) is 21.4. The van der Waals surface area contributed by atoms with Crippen molar-refractivity contribution in [1.82, 2.24) is 14.5 Å². The predicted octanol–water partition coefficient (Wildman–Crippen LogP) is 5.22. The minimum absolute atomic E-state index is 0.182. The van der Waals surface area contributed by atoms with Gasteiger partial charge in [0.05, 0.1) is 29.2 Å². The number of hydrogen-bond acceptors (Lipinski definition) is 5. The maximum atomic E-state index is 13.7. The largest absolute Gasteiger partial charge is 0.484 e. The highest BCUT2D eigenvalue weighted by molar-refractivity contribution is 6.30. The number of rotatable bonds is 10. The third-order valence-electron chi connectivity index (χ3n) is 6.28. The molecule has 0 aliphatic heterocycles. The zero-order chi connectivity index (χ0) is 26.4. The Balaban J connectivity index is 1.74. The van der Waals surface area contributed by atoms with Crippen LogP contribution in [-0.2, 0) is 16.0 Å². The maximum Gasteiger partial charge on any atom is 0.266 e. The van der Waals surface area contributed by atoms with Crippen molar-refractivity contribution in [3.05, 3.63) is 99.6 Å². The SMILES string of the molecule is CCc1ccc(-n2c(C(C)N(CCOC)C(=O)COc3ccc(Cl)cc3)nc3ccccc3c2=O)cc1. The standard InChI is InChI=1S/C29H30ClN3O4/c1-4-21-9-13-23(14-10-21)33-28(31-26-8-6-5-7-25(26)29(33)35)20(2)32(17-18-36-3)27(34)19-37-24-15-11-22(30)12-16-24/h5-16,20H,4,17-19H2,1-3H3. The van der Waals surface area contributed by atoms with Crippen molar-refractivity contribution in [1.29, 1.82) is 0 Å². The number of hydrogen-bond donors (Lipinski definition) is 0. The third kappa shape index (κ3) is 6.01. The lowest BCUT2D eigenvalue weighted by Gasteiger charge is -2.30. The molecule has 0 radical (unpaired) electrons. The number of aromatic nitrogens is 2. The summed E-state index contributed by atoms with van der Waals surface area (Å²) < 4.78 is 12.6. The lowest BCUT2D eigenvalue weighted by Crippen LogP contribution is -2.41. The van der Waals surface area contributed by atoms with E-state index in [1.807, 2.05) is 49.4 Å². The lowest BCUT2D eigenvalue weighted by molar-refractivity contribution is -0.136. The van der Waals surface area contributed by atoms with Crippen LogP contribution in [0.3, 0.4) is 0 Å². The van der Waals surface area contributed by atoms with Crippen LogP contribution in [0.4, 0.5) is 0 Å². The van der Waals surface area contributed by atoms with E-state index in [1.165, 1.54) is 0 Å². The Kier molecular flexibility index (Phi) is 8.58. The van der Waals surface area contributed by atoms with Crippen LogP contribution in [0.2, 0.25) is 5.02 Å². The molecule has 1 amide bonds. The molecule has 0 aliphatic rings. The second-order valence-corrected chi connectivity index (χ2v) is 9.08. The minimum atomic E-state index is -0.542. The normalized spacial score (nSPS) is 11.9. The molecule has 0 saturated carbocycles. The monoisotopic (exact) mass is 519 g/mol. The number of aryl methyl sites for hydroxylation is 1. The number of halogens is 1. The Morgan fingerprint density at radius 1 is 1.05 bits per heavy atom. The Labute approximate surface area is 221 Å². The fourth-order valence-electron chi connectivity index (χ4n) is 4.18. The van der Waals surface area contributed by atoms with E-state index in [0.717, 1.165) is 12.0 Å². The van der Waals surface area contributed by atoms with E-state index in [9.17, 15) is 9.59 Å². The van der Waals surface area contributed by atoms with Gasteiger partial charge in [0, 0.05) is 18.7 Å². The summed E-state index contributed by atoms with van der Waals surface area (Å²) in [4.78, 5) is 33.6. The van der Waals surface area contributed by atoms with Crippen molar-refractivity contribution in [2.24, 2.45) is 0 Å². The Morgan fingerprint density at radius 2 is 1.76 bits per heavy atom. The summed E-state index contributed by atoms with van der Waals surface area (Å²) in [5, 5.41) is 1.10. The van der Waals surface area contributed by atoms with Gasteiger partial charge in [-0.1, -0.05) is 42.8 Å². The topological polar surface area (TPSA) is 73.7 Å². The molecule has 0 N–H and O–H groups in total. The van der Waals surface area contributed by atoms with Crippen molar-refractivity contribution < 1.29 is 14.3 Å². The molecule has 0 bridgehead atoms. The molecule has 0 saturated heterocycles. The van der Waals surface area contributed by atoms with Crippen LogP contribution in [0, 0.1) is 0 Å². The molecule has 4 rings (SSSR count). The van der Waals surface area contributed by atoms with Gasteiger partial charge in [-0.25, -0.2) is 4.98 Å². The van der Waals surface area contributed by atoms with Crippen molar-refractivity contribution in [3.8, 4) is 11.4 Å². The molecular weight excluding hydrogens is 490 g/mol. The zero-order valence-electron chi connectivity index (χ0n) is 21.2. The first kappa shape index (κ1) is 26.4. The fourth-order valence-corrected chi connectivity index (χ4v) is 4.31. The highest BCUT2D eigenvalue weighted by atomic mass is 35.5. The van der Waals surface area contributed by atoms with E-state index >= 15 is 0 Å². The number of para-hydroxylation sites is 1. The van der Waals surface area contributed by atoms with Gasteiger partial charge in [0.2, 0.25) is 0 Å². The van der Waals surface area contributed by atoms with Gasteiger partial charge in [-0.05, 0) is 67.4 Å². The summed E-state index contributed by atoms with van der Waals surface area (Å²) in [6.07, 6.45) is 0.890. The minimum Gasteiger partial charge on any atom is -0.484 e. The van der Waals surface area contributed by atoms with Crippen LogP contribution in [0.15, 0.2) is 77.6 Å². The van der Waals surface area contributed by atoms with Crippen molar-refractivity contribution in [2.75, 3.05) is 26.9 Å². The number of methoxy groups -OCH3 is 1. The van der Waals surface area contributed by atoms with E-state index in [4.69, 9.17) is 26.1 Å². The van der Waals surface area contributed by atoms with Crippen LogP contribution in [-0.4, -0.2) is 47.2 Å². The molecule has 7 nitrogen and oxygen atoms in total. The molecule has 192 valence electrons. The van der Waals surface area contributed by atoms with Gasteiger partial charge in [-0.15, -0.1) is 0 Å². The molecular formula is C29H30ClN3O4. The molecule has 1 atom stereocenters. The van der Waals surface area contributed by atoms with E-state index in [1.54, 1.807) is 46.9 Å². The number of benzene rings is 3. The molecule has 8 heteroatoms. The van der Waals surface area contributed by atoms with Crippen molar-refractivity contribution >= 4 is 28.4 Å². The van der Waals surface area contributed by atoms with Crippen LogP contribution >= 0.6 is 11.6 Å². The second-order valence-electron chi connectivity index (χ2n) is 8.65. The Hall–Kier alpha value is -3.68. The Bertz CT molecular complexity index is 1420. The van der Waals surface area contributed by atoms with Crippen LogP contribution in [0.5, 0.6) is 5.75 Å². The van der Waals surface area contributed by atoms with E-state index in [0.29, 0.717) is 46.3 Å². The zero-order valence-corrected chi connectivity index (χ0v) is 21.9. The van der Waals surface area contributed by atoms with E-state index < -0.39 is 6.04 Å². The van der Waals surface area contributed by atoms with Gasteiger partial charge in [0.15, 0.2) is 6.61 Å². The number of carbonyl (C=O) groups is 1. The number of ether oxygens (including phenoxy) is 2. The van der Waals surface area contributed by atoms with Crippen LogP contribution in [0.25, 0.3) is 16.6 Å². The highest BCUT2D eigenvalue weighted by Gasteiger charge is 2.27. The maximum absolute atomic E-state index is 13.7. The van der Waals surface area contributed by atoms with Gasteiger partial charge >= 0.3 is 0 Å². The average molecular weight is 520 g/mol. The summed E-state index contributed by atoms with van der Waals surface area (Å²) >= 11 is 5.95. The van der Waals surface area contributed by atoms with Crippen LogP contribution in [0.1, 0.15) is 31.3 Å². The summed E-state index contributed by atoms with van der Waals surface area (Å²) in [6.45, 7) is 4.39. The molecule has 1 heterocycles. The molecule has 4 aromatic rings. The van der Waals surface area contributed by atoms with Gasteiger partial charge in [0.1, 0.15) is 11.6 Å². The Morgan fingerprint density at radius 3 is 2.43 bits per heavy atom. The van der Waals surface area contributed by atoms with E-state index in [2.05, 4.69) is 6.92 Å². The lowest BCUT2D eigenvalue weighted by atomic mass is 10.1. The first-order valence-corrected chi connectivity index (χ1v) is 12.6.